The number of aromatic nitrogens is 6. The highest BCUT2D eigenvalue weighted by Gasteiger charge is 2.34. The molecule has 0 amide bonds. The maximum absolute atomic E-state index is 10.3. The first-order chi connectivity index (χ1) is 22.3. The summed E-state index contributed by atoms with van der Waals surface area (Å²) < 4.78 is 0. The van der Waals surface area contributed by atoms with Crippen LogP contribution in [0, 0.1) is 63.5 Å². The van der Waals surface area contributed by atoms with Crippen LogP contribution in [0.3, 0.4) is 0 Å². The molecule has 216 valence electrons. The third-order valence-electron chi connectivity index (χ3n) is 8.41. The molecule has 0 saturated heterocycles. The first-order valence-corrected chi connectivity index (χ1v) is 14.4. The van der Waals surface area contributed by atoms with Crippen molar-refractivity contribution in [1.29, 1.82) is 10.5 Å². The van der Waals surface area contributed by atoms with E-state index in [-0.39, 0.29) is 11.4 Å². The molecule has 46 heavy (non-hydrogen) atoms. The fourth-order valence-corrected chi connectivity index (χ4v) is 6.87. The van der Waals surface area contributed by atoms with E-state index in [0.29, 0.717) is 69.4 Å². The predicted octanol–water partition coefficient (Wildman–Crippen LogP) is 4.87. The fourth-order valence-electron chi connectivity index (χ4n) is 6.87. The standard InChI is InChI=1S/C36H22N10/c1-17-41-18(2)44-35(43-17)23-11-7-9-21-25(23)13-27-31(29(15-37)39-5)28-14-26-22(33(28)34(32(21)27)30(16-38)40-6)10-8-12-24(26)36-45-19(3)42-20(4)46-36/h7-12H,13-14H2,1-4H3. The molecule has 0 N–H and O–H groups in total. The van der Waals surface area contributed by atoms with Gasteiger partial charge >= 0.3 is 0 Å². The summed E-state index contributed by atoms with van der Waals surface area (Å²) in [5.74, 6) is 3.41. The van der Waals surface area contributed by atoms with Crippen LogP contribution in [0.2, 0.25) is 0 Å². The Hall–Kier alpha value is -6.62. The molecule has 0 fully saturated rings. The van der Waals surface area contributed by atoms with Crippen molar-refractivity contribution >= 4 is 11.4 Å². The minimum absolute atomic E-state index is 0.0391. The summed E-state index contributed by atoms with van der Waals surface area (Å²) in [6.07, 6.45) is 0.736. The van der Waals surface area contributed by atoms with Gasteiger partial charge in [0.05, 0.1) is 25.3 Å². The number of rotatable bonds is 2. The van der Waals surface area contributed by atoms with Gasteiger partial charge < -0.3 is 0 Å². The van der Waals surface area contributed by atoms with Crippen LogP contribution < -0.4 is 10.4 Å². The summed E-state index contributed by atoms with van der Waals surface area (Å²) in [7, 11) is 0. The van der Waals surface area contributed by atoms with Gasteiger partial charge in [-0.15, -0.1) is 0 Å². The number of nitriles is 2. The predicted molar refractivity (Wildman–Crippen MR) is 170 cm³/mol. The molecule has 5 aromatic rings. The SMILES string of the molecule is [C-]#[N+]C(C#N)=c1c2c(c(=C(C#N)[N+]#[C-])c3c1Cc1c(-c4nc(C)nc(C)n4)cccc1-3)-c1cccc(-c3nc(C)nc(C)n3)c1C2. The summed E-state index contributed by atoms with van der Waals surface area (Å²) in [6, 6.07) is 15.9. The molecule has 0 atom stereocenters. The Morgan fingerprint density at radius 3 is 1.30 bits per heavy atom. The van der Waals surface area contributed by atoms with Crippen LogP contribution in [0.1, 0.15) is 45.6 Å². The molecule has 10 nitrogen and oxygen atoms in total. The summed E-state index contributed by atoms with van der Waals surface area (Å²) in [6.45, 7) is 23.3. The van der Waals surface area contributed by atoms with E-state index in [1.807, 2.05) is 64.1 Å². The van der Waals surface area contributed by atoms with Crippen LogP contribution in [0.5, 0.6) is 0 Å². The number of nitrogens with zero attached hydrogens (tertiary/aromatic N) is 10. The Morgan fingerprint density at radius 1 is 0.565 bits per heavy atom. The molecule has 0 radical (unpaired) electrons. The highest BCUT2D eigenvalue weighted by Crippen LogP contribution is 2.44. The van der Waals surface area contributed by atoms with E-state index >= 15 is 0 Å². The minimum Gasteiger partial charge on any atom is -0.226 e. The van der Waals surface area contributed by atoms with Crippen molar-refractivity contribution in [2.24, 2.45) is 0 Å². The fraction of sp³-hybridized carbons (Fsp3) is 0.167. The molecule has 0 bridgehead atoms. The maximum atomic E-state index is 10.3. The molecule has 2 heterocycles. The van der Waals surface area contributed by atoms with Crippen molar-refractivity contribution in [1.82, 2.24) is 29.9 Å². The second-order valence-electron chi connectivity index (χ2n) is 11.1. The minimum atomic E-state index is -0.0597. The Kier molecular flexibility index (Phi) is 6.45. The highest BCUT2D eigenvalue weighted by atomic mass is 15.0. The lowest BCUT2D eigenvalue weighted by molar-refractivity contribution is 0.926. The third kappa shape index (κ3) is 4.14. The van der Waals surface area contributed by atoms with Gasteiger partial charge in [-0.3, -0.25) is 0 Å². The van der Waals surface area contributed by atoms with Gasteiger partial charge in [-0.2, -0.15) is 0 Å². The molecular formula is C36H22N10. The summed E-state index contributed by atoms with van der Waals surface area (Å²) >= 11 is 0. The number of benzene rings is 3. The number of hydrogen-bond acceptors (Lipinski definition) is 8. The normalized spacial score (nSPS) is 11.7. The van der Waals surface area contributed by atoms with Crippen molar-refractivity contribution in [3.8, 4) is 57.2 Å². The Labute approximate surface area is 264 Å². The molecule has 0 aliphatic heterocycles. The number of fused-ring (bicyclic) bond motifs is 6. The maximum Gasteiger partial charge on any atom is 0.270 e. The van der Waals surface area contributed by atoms with Crippen molar-refractivity contribution in [2.75, 3.05) is 0 Å². The van der Waals surface area contributed by atoms with Crippen molar-refractivity contribution in [3.05, 3.63) is 115 Å². The largest absolute Gasteiger partial charge is 0.270 e. The van der Waals surface area contributed by atoms with Gasteiger partial charge in [-0.1, -0.05) is 36.4 Å². The van der Waals surface area contributed by atoms with Crippen LogP contribution >= 0.6 is 0 Å². The van der Waals surface area contributed by atoms with E-state index in [4.69, 9.17) is 13.1 Å². The highest BCUT2D eigenvalue weighted by molar-refractivity contribution is 5.96. The van der Waals surface area contributed by atoms with Gasteiger partial charge in [0.1, 0.15) is 23.3 Å². The molecule has 2 aliphatic carbocycles. The summed E-state index contributed by atoms with van der Waals surface area (Å²) in [5, 5.41) is 21.7. The van der Waals surface area contributed by atoms with E-state index in [1.165, 1.54) is 0 Å². The van der Waals surface area contributed by atoms with Gasteiger partial charge in [-0.05, 0) is 90.3 Å². The smallest absolute Gasteiger partial charge is 0.226 e. The third-order valence-corrected chi connectivity index (χ3v) is 8.41. The molecule has 0 spiro atoms. The number of hydrogen-bond donors (Lipinski definition) is 0. The van der Waals surface area contributed by atoms with E-state index in [1.54, 1.807) is 0 Å². The molecule has 0 saturated carbocycles. The van der Waals surface area contributed by atoms with Crippen LogP contribution in [0.4, 0.5) is 0 Å². The molecular weight excluding hydrogens is 572 g/mol. The average Bonchev–Trinajstić information content (AvgIpc) is 3.61. The van der Waals surface area contributed by atoms with E-state index in [9.17, 15) is 10.5 Å². The van der Waals surface area contributed by atoms with Crippen LogP contribution in [0.25, 0.3) is 66.1 Å². The second kappa shape index (κ2) is 10.5. The second-order valence-corrected chi connectivity index (χ2v) is 11.1. The van der Waals surface area contributed by atoms with Gasteiger partial charge in [0, 0.05) is 16.3 Å². The zero-order valence-electron chi connectivity index (χ0n) is 25.4. The summed E-state index contributed by atoms with van der Waals surface area (Å²) in [5.41, 5.74) is 7.78. The van der Waals surface area contributed by atoms with Crippen LogP contribution in [0.15, 0.2) is 36.4 Å². The van der Waals surface area contributed by atoms with E-state index < -0.39 is 0 Å². The van der Waals surface area contributed by atoms with E-state index in [2.05, 4.69) is 51.7 Å². The van der Waals surface area contributed by atoms with Crippen molar-refractivity contribution in [2.45, 2.75) is 40.5 Å². The first kappa shape index (κ1) is 28.2. The molecule has 3 aromatic carbocycles. The molecule has 10 heteroatoms. The van der Waals surface area contributed by atoms with E-state index in [0.717, 1.165) is 44.5 Å². The van der Waals surface area contributed by atoms with Crippen molar-refractivity contribution < 1.29 is 0 Å². The first-order valence-electron chi connectivity index (χ1n) is 14.4. The van der Waals surface area contributed by atoms with Crippen LogP contribution in [-0.4, -0.2) is 29.9 Å². The average molecular weight is 595 g/mol. The molecule has 2 aromatic heterocycles. The van der Waals surface area contributed by atoms with Gasteiger partial charge in [-0.25, -0.2) is 50.1 Å². The van der Waals surface area contributed by atoms with Crippen LogP contribution in [-0.2, 0) is 12.8 Å². The molecule has 7 rings (SSSR count). The lowest BCUT2D eigenvalue weighted by atomic mass is 9.90. The van der Waals surface area contributed by atoms with Gasteiger partial charge in [0.25, 0.3) is 11.4 Å². The Morgan fingerprint density at radius 2 is 0.935 bits per heavy atom. The van der Waals surface area contributed by atoms with Crippen molar-refractivity contribution in [3.63, 3.8) is 0 Å². The Balaban J connectivity index is 1.65. The Bertz CT molecular complexity index is 2310. The zero-order chi connectivity index (χ0) is 32.3. The molecule has 0 unspecified atom stereocenters. The topological polar surface area (TPSA) is 134 Å². The molecule has 2 aliphatic rings. The lowest BCUT2D eigenvalue weighted by Crippen LogP contribution is -2.25. The summed E-state index contributed by atoms with van der Waals surface area (Å²) in [4.78, 5) is 34.5. The quantitative estimate of drug-likeness (QED) is 0.259. The zero-order valence-corrected chi connectivity index (χ0v) is 25.4. The number of aryl methyl sites for hydroxylation is 4. The lowest BCUT2D eigenvalue weighted by Gasteiger charge is -2.13. The monoisotopic (exact) mass is 594 g/mol. The van der Waals surface area contributed by atoms with Gasteiger partial charge in [0.2, 0.25) is 0 Å². The van der Waals surface area contributed by atoms with Gasteiger partial charge in [0.15, 0.2) is 11.6 Å².